The van der Waals surface area contributed by atoms with Gasteiger partial charge in [0.15, 0.2) is 0 Å². The van der Waals surface area contributed by atoms with E-state index in [9.17, 15) is 4.79 Å². The van der Waals surface area contributed by atoms with Gasteiger partial charge in [-0.15, -0.1) is 13.2 Å². The van der Waals surface area contributed by atoms with Crippen molar-refractivity contribution < 1.29 is 4.79 Å². The van der Waals surface area contributed by atoms with Crippen LogP contribution in [0.5, 0.6) is 0 Å². The Kier molecular flexibility index (Phi) is 7.03. The van der Waals surface area contributed by atoms with Gasteiger partial charge in [-0.3, -0.25) is 9.69 Å². The topological polar surface area (TPSA) is 20.3 Å². The fraction of sp³-hybridized carbons (Fsp3) is 0.583. The fourth-order valence-corrected chi connectivity index (χ4v) is 1.39. The third-order valence-corrected chi connectivity index (χ3v) is 2.23. The van der Waals surface area contributed by atoms with E-state index in [4.69, 9.17) is 0 Å². The molecule has 0 aliphatic carbocycles. The summed E-state index contributed by atoms with van der Waals surface area (Å²) in [5.41, 5.74) is 0. The quantitative estimate of drug-likeness (QED) is 0.554. The summed E-state index contributed by atoms with van der Waals surface area (Å²) in [5, 5.41) is 0. The third-order valence-electron chi connectivity index (χ3n) is 2.23. The van der Waals surface area contributed by atoms with Gasteiger partial charge in [-0.1, -0.05) is 12.2 Å². The van der Waals surface area contributed by atoms with Crippen molar-refractivity contribution in [2.45, 2.75) is 31.7 Å². The molecule has 1 atom stereocenters. The molecular formula is C12H21NO. The van der Waals surface area contributed by atoms with Crippen LogP contribution in [0.25, 0.3) is 0 Å². The third kappa shape index (κ3) is 4.97. The monoisotopic (exact) mass is 195 g/mol. The van der Waals surface area contributed by atoms with Crippen molar-refractivity contribution in [2.75, 3.05) is 14.1 Å². The van der Waals surface area contributed by atoms with Crippen molar-refractivity contribution in [1.82, 2.24) is 4.90 Å². The molecule has 0 spiro atoms. The molecular weight excluding hydrogens is 174 g/mol. The maximum Gasteiger partial charge on any atom is 0.150 e. The Bertz CT molecular complexity index is 196. The smallest absolute Gasteiger partial charge is 0.150 e. The van der Waals surface area contributed by atoms with Gasteiger partial charge in [0.05, 0.1) is 6.04 Å². The first-order valence-corrected chi connectivity index (χ1v) is 5.04. The standard InChI is InChI=1S/C12H21NO/c1-5-7-9-11(13(3)4)12(14)10-8-6-2/h5-6,11H,1-2,7-10H2,3-4H3. The molecule has 0 saturated carbocycles. The van der Waals surface area contributed by atoms with Crippen LogP contribution >= 0.6 is 0 Å². The Morgan fingerprint density at radius 1 is 1.29 bits per heavy atom. The second kappa shape index (κ2) is 7.51. The molecule has 0 amide bonds. The molecule has 0 saturated heterocycles. The molecule has 0 aromatic rings. The molecule has 80 valence electrons. The largest absolute Gasteiger partial charge is 0.300 e. The number of carbonyl (C=O) groups is 1. The van der Waals surface area contributed by atoms with Gasteiger partial charge in [-0.05, 0) is 33.4 Å². The Hall–Kier alpha value is -0.890. The highest BCUT2D eigenvalue weighted by molar-refractivity contribution is 5.84. The van der Waals surface area contributed by atoms with E-state index in [2.05, 4.69) is 13.2 Å². The highest BCUT2D eigenvalue weighted by Gasteiger charge is 2.18. The van der Waals surface area contributed by atoms with Crippen molar-refractivity contribution in [3.05, 3.63) is 25.3 Å². The molecule has 0 heterocycles. The Balaban J connectivity index is 4.10. The Labute approximate surface area is 87.3 Å². The van der Waals surface area contributed by atoms with Gasteiger partial charge in [-0.2, -0.15) is 0 Å². The molecule has 0 rings (SSSR count). The molecule has 0 aliphatic rings. The second-order valence-corrected chi connectivity index (χ2v) is 3.64. The van der Waals surface area contributed by atoms with E-state index in [1.54, 1.807) is 6.08 Å². The van der Waals surface area contributed by atoms with Gasteiger partial charge in [0.25, 0.3) is 0 Å². The molecule has 0 fully saturated rings. The minimum atomic E-state index is 0.0351. The number of likely N-dealkylation sites (N-methyl/N-ethyl adjacent to an activating group) is 1. The fourth-order valence-electron chi connectivity index (χ4n) is 1.39. The summed E-state index contributed by atoms with van der Waals surface area (Å²) in [6.45, 7) is 7.28. The predicted octanol–water partition coefficient (Wildman–Crippen LogP) is 2.42. The minimum Gasteiger partial charge on any atom is -0.300 e. The summed E-state index contributed by atoms with van der Waals surface area (Å²) in [6.07, 6.45) is 6.78. The Morgan fingerprint density at radius 3 is 2.29 bits per heavy atom. The van der Waals surface area contributed by atoms with E-state index in [1.807, 2.05) is 25.1 Å². The van der Waals surface area contributed by atoms with E-state index in [0.717, 1.165) is 19.3 Å². The van der Waals surface area contributed by atoms with E-state index < -0.39 is 0 Å². The molecule has 14 heavy (non-hydrogen) atoms. The van der Waals surface area contributed by atoms with E-state index in [0.29, 0.717) is 12.2 Å². The predicted molar refractivity (Wildman–Crippen MR) is 61.3 cm³/mol. The number of rotatable bonds is 8. The first kappa shape index (κ1) is 13.1. The average Bonchev–Trinajstić information content (AvgIpc) is 2.14. The van der Waals surface area contributed by atoms with Crippen LogP contribution in [0.1, 0.15) is 25.7 Å². The van der Waals surface area contributed by atoms with Gasteiger partial charge in [-0.25, -0.2) is 0 Å². The summed E-state index contributed by atoms with van der Waals surface area (Å²) in [7, 11) is 3.89. The van der Waals surface area contributed by atoms with Crippen molar-refractivity contribution in [2.24, 2.45) is 0 Å². The minimum absolute atomic E-state index is 0.0351. The van der Waals surface area contributed by atoms with E-state index >= 15 is 0 Å². The van der Waals surface area contributed by atoms with E-state index in [1.165, 1.54) is 0 Å². The number of Topliss-reactive ketones (excluding diaryl/α,β-unsaturated/α-hetero) is 1. The number of ketones is 1. The number of nitrogens with zero attached hydrogens (tertiary/aromatic N) is 1. The highest BCUT2D eigenvalue weighted by atomic mass is 16.1. The van der Waals surface area contributed by atoms with Crippen LogP contribution in [-0.4, -0.2) is 30.8 Å². The zero-order valence-electron chi connectivity index (χ0n) is 9.33. The van der Waals surface area contributed by atoms with E-state index in [-0.39, 0.29) is 6.04 Å². The molecule has 0 radical (unpaired) electrons. The van der Waals surface area contributed by atoms with Crippen molar-refractivity contribution in [3.63, 3.8) is 0 Å². The molecule has 2 heteroatoms. The summed E-state index contributed by atoms with van der Waals surface area (Å²) in [6, 6.07) is 0.0351. The Morgan fingerprint density at radius 2 is 1.86 bits per heavy atom. The lowest BCUT2D eigenvalue weighted by Crippen LogP contribution is -2.35. The summed E-state index contributed by atoms with van der Waals surface area (Å²) < 4.78 is 0. The summed E-state index contributed by atoms with van der Waals surface area (Å²) >= 11 is 0. The average molecular weight is 195 g/mol. The molecule has 0 aromatic heterocycles. The molecule has 2 nitrogen and oxygen atoms in total. The van der Waals surface area contributed by atoms with Crippen LogP contribution < -0.4 is 0 Å². The van der Waals surface area contributed by atoms with Gasteiger partial charge < -0.3 is 0 Å². The molecule has 1 unspecified atom stereocenters. The van der Waals surface area contributed by atoms with Crippen molar-refractivity contribution >= 4 is 5.78 Å². The van der Waals surface area contributed by atoms with Crippen LogP contribution in [0.4, 0.5) is 0 Å². The van der Waals surface area contributed by atoms with Crippen LogP contribution in [-0.2, 0) is 4.79 Å². The summed E-state index contributed by atoms with van der Waals surface area (Å²) in [5.74, 6) is 0.303. The van der Waals surface area contributed by atoms with Crippen LogP contribution in [0.15, 0.2) is 25.3 Å². The number of hydrogen-bond donors (Lipinski definition) is 0. The van der Waals surface area contributed by atoms with Crippen LogP contribution in [0, 0.1) is 0 Å². The molecule has 0 bridgehead atoms. The van der Waals surface area contributed by atoms with Gasteiger partial charge in [0, 0.05) is 6.42 Å². The van der Waals surface area contributed by atoms with Crippen molar-refractivity contribution in [1.29, 1.82) is 0 Å². The zero-order chi connectivity index (χ0) is 11.0. The number of hydrogen-bond acceptors (Lipinski definition) is 2. The van der Waals surface area contributed by atoms with Gasteiger partial charge in [0.1, 0.15) is 5.78 Å². The lowest BCUT2D eigenvalue weighted by molar-refractivity contribution is -0.123. The van der Waals surface area contributed by atoms with Crippen LogP contribution in [0.2, 0.25) is 0 Å². The molecule has 0 aliphatic heterocycles. The first-order chi connectivity index (χ1) is 6.63. The molecule has 0 N–H and O–H groups in total. The SMILES string of the molecule is C=CCCC(=O)C(CCC=C)N(C)C. The first-order valence-electron chi connectivity index (χ1n) is 5.04. The number of carbonyl (C=O) groups excluding carboxylic acids is 1. The molecule has 0 aromatic carbocycles. The zero-order valence-corrected chi connectivity index (χ0v) is 9.33. The normalized spacial score (nSPS) is 12.5. The maximum absolute atomic E-state index is 11.7. The summed E-state index contributed by atoms with van der Waals surface area (Å²) in [4.78, 5) is 13.7. The van der Waals surface area contributed by atoms with Gasteiger partial charge >= 0.3 is 0 Å². The lowest BCUT2D eigenvalue weighted by Gasteiger charge is -2.22. The van der Waals surface area contributed by atoms with Crippen LogP contribution in [0.3, 0.4) is 0 Å². The van der Waals surface area contributed by atoms with Gasteiger partial charge in [0.2, 0.25) is 0 Å². The highest BCUT2D eigenvalue weighted by Crippen LogP contribution is 2.08. The van der Waals surface area contributed by atoms with Crippen molar-refractivity contribution in [3.8, 4) is 0 Å². The number of allylic oxidation sites excluding steroid dienone is 2. The lowest BCUT2D eigenvalue weighted by atomic mass is 10.0. The second-order valence-electron chi connectivity index (χ2n) is 3.64. The maximum atomic E-state index is 11.7.